The number of aliphatic hydroxyl groups excluding tert-OH is 1. The highest BCUT2D eigenvalue weighted by Crippen LogP contribution is 2.30. The van der Waals surface area contributed by atoms with Gasteiger partial charge in [0.05, 0.1) is 12.1 Å². The van der Waals surface area contributed by atoms with E-state index in [1.807, 2.05) is 0 Å². The zero-order chi connectivity index (χ0) is 14.8. The van der Waals surface area contributed by atoms with Gasteiger partial charge < -0.3 is 10.0 Å². The summed E-state index contributed by atoms with van der Waals surface area (Å²) in [6.45, 7) is 2.40. The second-order valence-electron chi connectivity index (χ2n) is 6.15. The Labute approximate surface area is 125 Å². The minimum atomic E-state index is -0.435. The van der Waals surface area contributed by atoms with Crippen molar-refractivity contribution in [3.05, 3.63) is 18.5 Å². The topological polar surface area (TPSA) is 61.6 Å². The van der Waals surface area contributed by atoms with E-state index in [0.717, 1.165) is 25.9 Å². The highest BCUT2D eigenvalue weighted by atomic mass is 16.3. The van der Waals surface area contributed by atoms with Crippen LogP contribution in [0.4, 0.5) is 0 Å². The fraction of sp³-hybridized carbons (Fsp3) is 0.733. The van der Waals surface area contributed by atoms with Gasteiger partial charge in [0, 0.05) is 25.5 Å². The summed E-state index contributed by atoms with van der Waals surface area (Å²) >= 11 is 0. The molecule has 0 radical (unpaired) electrons. The van der Waals surface area contributed by atoms with Crippen molar-refractivity contribution in [2.45, 2.75) is 50.4 Å². The lowest BCUT2D eigenvalue weighted by molar-refractivity contribution is -0.135. The van der Waals surface area contributed by atoms with Crippen molar-refractivity contribution in [1.29, 1.82) is 0 Å². The molecule has 0 unspecified atom stereocenters. The molecule has 1 aromatic rings. The second kappa shape index (κ2) is 6.15. The Kier molecular flexibility index (Phi) is 4.26. The van der Waals surface area contributed by atoms with Gasteiger partial charge in [-0.2, -0.15) is 5.10 Å². The molecule has 1 saturated heterocycles. The summed E-state index contributed by atoms with van der Waals surface area (Å²) in [6, 6.07) is 1.96. The molecule has 1 aliphatic heterocycles. The minimum absolute atomic E-state index is 0.00446. The van der Waals surface area contributed by atoms with E-state index in [1.54, 1.807) is 35.1 Å². The van der Waals surface area contributed by atoms with Crippen LogP contribution in [-0.2, 0) is 11.3 Å². The van der Waals surface area contributed by atoms with E-state index in [9.17, 15) is 9.90 Å². The number of carbonyl (C=O) groups excluding carboxylic acids is 1. The Hall–Kier alpha value is -1.40. The largest absolute Gasteiger partial charge is 0.389 e. The zero-order valence-corrected chi connectivity index (χ0v) is 12.6. The lowest BCUT2D eigenvalue weighted by Crippen LogP contribution is -2.49. The quantitative estimate of drug-likeness (QED) is 0.869. The Morgan fingerprint density at radius 2 is 2.14 bits per heavy atom. The van der Waals surface area contributed by atoms with Crippen LogP contribution in [0.5, 0.6) is 0 Å². The first-order valence-corrected chi connectivity index (χ1v) is 7.82. The average Bonchev–Trinajstić information content (AvgIpc) is 3.18. The van der Waals surface area contributed by atoms with Crippen LogP contribution in [0.15, 0.2) is 18.5 Å². The maximum absolute atomic E-state index is 12.3. The van der Waals surface area contributed by atoms with Crippen LogP contribution in [0.25, 0.3) is 0 Å². The second-order valence-corrected chi connectivity index (χ2v) is 6.15. The molecule has 1 aromatic heterocycles. The molecular formula is C15H24N4O2. The van der Waals surface area contributed by atoms with Crippen LogP contribution in [0.2, 0.25) is 0 Å². The molecule has 2 heterocycles. The summed E-state index contributed by atoms with van der Waals surface area (Å²) in [5, 5.41) is 14.7. The number of nitrogens with zero attached hydrogens (tertiary/aromatic N) is 4. The SMILES string of the molecule is CN(C(=O)Cn1cccn1)[C@@H]1CC[C@@H](N2CCCC2)[C@@H]1O. The molecule has 21 heavy (non-hydrogen) atoms. The van der Waals surface area contributed by atoms with E-state index in [1.165, 1.54) is 12.8 Å². The predicted octanol–water partition coefficient (Wildman–Crippen LogP) is 0.329. The van der Waals surface area contributed by atoms with Crippen LogP contribution in [0.1, 0.15) is 25.7 Å². The number of carbonyl (C=O) groups is 1. The molecule has 3 rings (SSSR count). The molecule has 6 nitrogen and oxygen atoms in total. The Morgan fingerprint density at radius 3 is 2.81 bits per heavy atom. The average molecular weight is 292 g/mol. The summed E-state index contributed by atoms with van der Waals surface area (Å²) in [4.78, 5) is 16.4. The number of hydrogen-bond donors (Lipinski definition) is 1. The molecule has 0 spiro atoms. The normalized spacial score (nSPS) is 29.9. The van der Waals surface area contributed by atoms with Crippen molar-refractivity contribution >= 4 is 5.91 Å². The fourth-order valence-corrected chi connectivity index (χ4v) is 3.66. The van der Waals surface area contributed by atoms with Crippen molar-refractivity contribution in [2.24, 2.45) is 0 Å². The van der Waals surface area contributed by atoms with Crippen LogP contribution in [-0.4, -0.2) is 68.9 Å². The number of likely N-dealkylation sites (tertiary alicyclic amines) is 1. The third kappa shape index (κ3) is 2.96. The molecule has 0 aromatic carbocycles. The molecule has 1 amide bonds. The van der Waals surface area contributed by atoms with Gasteiger partial charge >= 0.3 is 0 Å². The molecule has 0 bridgehead atoms. The number of aliphatic hydroxyl groups is 1. The summed E-state index contributed by atoms with van der Waals surface area (Å²) in [5.74, 6) is 0.00446. The number of amides is 1. The van der Waals surface area contributed by atoms with Crippen molar-refractivity contribution in [3.8, 4) is 0 Å². The number of aromatic nitrogens is 2. The molecule has 1 saturated carbocycles. The van der Waals surface area contributed by atoms with E-state index in [-0.39, 0.29) is 24.5 Å². The highest BCUT2D eigenvalue weighted by Gasteiger charge is 2.41. The first-order chi connectivity index (χ1) is 10.2. The molecule has 116 valence electrons. The first kappa shape index (κ1) is 14.5. The van der Waals surface area contributed by atoms with Crippen molar-refractivity contribution in [1.82, 2.24) is 19.6 Å². The summed E-state index contributed by atoms with van der Waals surface area (Å²) in [5.41, 5.74) is 0. The Morgan fingerprint density at radius 1 is 1.38 bits per heavy atom. The van der Waals surface area contributed by atoms with E-state index in [4.69, 9.17) is 0 Å². The maximum Gasteiger partial charge on any atom is 0.244 e. The molecule has 2 aliphatic rings. The minimum Gasteiger partial charge on any atom is -0.389 e. The van der Waals surface area contributed by atoms with Gasteiger partial charge in [0.15, 0.2) is 0 Å². The van der Waals surface area contributed by atoms with E-state index in [2.05, 4.69) is 10.00 Å². The zero-order valence-electron chi connectivity index (χ0n) is 12.6. The van der Waals surface area contributed by atoms with E-state index < -0.39 is 6.10 Å². The standard InChI is InChI=1S/C15H24N4O2/c1-17(14(20)11-19-10-4-7-16-19)12-5-6-13(15(12)21)18-8-2-3-9-18/h4,7,10,12-13,15,21H,2-3,5-6,8-9,11H2,1H3/t12-,13-,15-/m1/s1. The lowest BCUT2D eigenvalue weighted by Gasteiger charge is -2.32. The fourth-order valence-electron chi connectivity index (χ4n) is 3.66. The van der Waals surface area contributed by atoms with Gasteiger partial charge in [-0.1, -0.05) is 0 Å². The molecular weight excluding hydrogens is 268 g/mol. The van der Waals surface area contributed by atoms with Crippen molar-refractivity contribution in [3.63, 3.8) is 0 Å². The summed E-state index contributed by atoms with van der Waals surface area (Å²) in [7, 11) is 1.80. The lowest BCUT2D eigenvalue weighted by atomic mass is 10.1. The van der Waals surface area contributed by atoms with Gasteiger partial charge in [0.1, 0.15) is 6.54 Å². The summed E-state index contributed by atoms with van der Waals surface area (Å²) < 4.78 is 1.62. The van der Waals surface area contributed by atoms with Crippen LogP contribution < -0.4 is 0 Å². The monoisotopic (exact) mass is 292 g/mol. The van der Waals surface area contributed by atoms with Gasteiger partial charge in [-0.3, -0.25) is 14.4 Å². The van der Waals surface area contributed by atoms with E-state index >= 15 is 0 Å². The number of rotatable bonds is 4. The van der Waals surface area contributed by atoms with Crippen LogP contribution in [0.3, 0.4) is 0 Å². The van der Waals surface area contributed by atoms with Crippen molar-refractivity contribution in [2.75, 3.05) is 20.1 Å². The first-order valence-electron chi connectivity index (χ1n) is 7.82. The number of likely N-dealkylation sites (N-methyl/N-ethyl adjacent to an activating group) is 1. The van der Waals surface area contributed by atoms with Gasteiger partial charge in [0.2, 0.25) is 5.91 Å². The van der Waals surface area contributed by atoms with Crippen LogP contribution >= 0.6 is 0 Å². The highest BCUT2D eigenvalue weighted by molar-refractivity contribution is 5.76. The predicted molar refractivity (Wildman–Crippen MR) is 78.6 cm³/mol. The maximum atomic E-state index is 12.3. The van der Waals surface area contributed by atoms with Crippen LogP contribution in [0, 0.1) is 0 Å². The smallest absolute Gasteiger partial charge is 0.244 e. The molecule has 3 atom stereocenters. The molecule has 1 aliphatic carbocycles. The van der Waals surface area contributed by atoms with Gasteiger partial charge in [0.25, 0.3) is 0 Å². The summed E-state index contributed by atoms with van der Waals surface area (Å²) in [6.07, 6.45) is 7.32. The van der Waals surface area contributed by atoms with E-state index in [0.29, 0.717) is 0 Å². The van der Waals surface area contributed by atoms with Gasteiger partial charge in [-0.15, -0.1) is 0 Å². The third-order valence-corrected chi connectivity index (χ3v) is 4.90. The Bertz CT molecular complexity index is 470. The molecule has 1 N–H and O–H groups in total. The molecule has 6 heteroatoms. The van der Waals surface area contributed by atoms with Gasteiger partial charge in [-0.05, 0) is 44.8 Å². The van der Waals surface area contributed by atoms with Gasteiger partial charge in [-0.25, -0.2) is 0 Å². The Balaban J connectivity index is 1.59. The number of hydrogen-bond acceptors (Lipinski definition) is 4. The molecule has 2 fully saturated rings. The third-order valence-electron chi connectivity index (χ3n) is 4.90. The van der Waals surface area contributed by atoms with Crippen molar-refractivity contribution < 1.29 is 9.90 Å².